The number of carbonyl (C=O) groups excluding carboxylic acids is 1. The molecule has 0 atom stereocenters. The van der Waals surface area contributed by atoms with E-state index in [0.29, 0.717) is 5.56 Å². The highest BCUT2D eigenvalue weighted by atomic mass is 16.1. The molecule has 0 spiro atoms. The molecule has 0 unspecified atom stereocenters. The fraction of sp³-hybridized carbons (Fsp3) is 0.364. The van der Waals surface area contributed by atoms with Gasteiger partial charge in [-0.15, -0.1) is 0 Å². The van der Waals surface area contributed by atoms with Crippen molar-refractivity contribution in [1.29, 1.82) is 0 Å². The number of carbonyl (C=O) groups is 1. The molecule has 0 radical (unpaired) electrons. The van der Waals surface area contributed by atoms with E-state index in [4.69, 9.17) is 5.73 Å². The molecule has 0 aliphatic rings. The van der Waals surface area contributed by atoms with Crippen LogP contribution in [0.4, 0.5) is 0 Å². The molecule has 2 heteroatoms. The number of hydrogen-bond acceptors (Lipinski definition) is 1. The summed E-state index contributed by atoms with van der Waals surface area (Å²) in [6.45, 7) is 7.89. The van der Waals surface area contributed by atoms with Gasteiger partial charge < -0.3 is 5.73 Å². The van der Waals surface area contributed by atoms with Crippen LogP contribution in [0.3, 0.4) is 0 Å². The molecule has 0 saturated carbocycles. The van der Waals surface area contributed by atoms with E-state index in [2.05, 4.69) is 0 Å². The molecule has 72 valence electrons. The van der Waals surface area contributed by atoms with Gasteiger partial charge >= 0.3 is 0 Å². The van der Waals surface area contributed by atoms with Crippen LogP contribution >= 0.6 is 0 Å². The molecule has 0 heterocycles. The lowest BCUT2D eigenvalue weighted by molar-refractivity contribution is 0.1000. The third-order valence-corrected chi connectivity index (χ3v) is 1.51. The van der Waals surface area contributed by atoms with Crippen molar-refractivity contribution in [1.82, 2.24) is 0 Å². The Bertz CT molecular complexity index is 272. The van der Waals surface area contributed by atoms with Gasteiger partial charge in [-0.1, -0.05) is 31.0 Å². The van der Waals surface area contributed by atoms with Gasteiger partial charge in [-0.2, -0.15) is 0 Å². The van der Waals surface area contributed by atoms with E-state index in [1.165, 1.54) is 0 Å². The number of aryl methyl sites for hydroxylation is 2. The highest BCUT2D eigenvalue weighted by Gasteiger charge is 1.99. The molecule has 1 rings (SSSR count). The van der Waals surface area contributed by atoms with Crippen molar-refractivity contribution in [2.75, 3.05) is 0 Å². The average molecular weight is 179 g/mol. The van der Waals surface area contributed by atoms with Gasteiger partial charge in [-0.3, -0.25) is 4.79 Å². The van der Waals surface area contributed by atoms with Crippen LogP contribution in [-0.2, 0) is 0 Å². The monoisotopic (exact) mass is 179 g/mol. The number of amides is 1. The fourth-order valence-corrected chi connectivity index (χ4v) is 1.12. The first kappa shape index (κ1) is 11.7. The molecule has 0 aliphatic carbocycles. The summed E-state index contributed by atoms with van der Waals surface area (Å²) in [5.74, 6) is -0.364. The van der Waals surface area contributed by atoms with Crippen molar-refractivity contribution in [3.05, 3.63) is 34.9 Å². The normalized spacial score (nSPS) is 8.62. The van der Waals surface area contributed by atoms with E-state index in [0.717, 1.165) is 11.1 Å². The fourth-order valence-electron chi connectivity index (χ4n) is 1.12. The average Bonchev–Trinajstić information content (AvgIpc) is 2.06. The zero-order chi connectivity index (χ0) is 10.4. The lowest BCUT2D eigenvalue weighted by Gasteiger charge is -1.99. The summed E-state index contributed by atoms with van der Waals surface area (Å²) in [5, 5.41) is 0. The van der Waals surface area contributed by atoms with Crippen molar-refractivity contribution in [2.24, 2.45) is 5.73 Å². The maximum atomic E-state index is 10.7. The molecule has 1 aromatic carbocycles. The van der Waals surface area contributed by atoms with E-state index >= 15 is 0 Å². The Labute approximate surface area is 79.8 Å². The van der Waals surface area contributed by atoms with Gasteiger partial charge in [0.25, 0.3) is 0 Å². The number of nitrogens with two attached hydrogens (primary N) is 1. The first-order valence-corrected chi connectivity index (χ1v) is 4.47. The Hall–Kier alpha value is -1.31. The summed E-state index contributed by atoms with van der Waals surface area (Å²) in [5.41, 5.74) is 7.83. The van der Waals surface area contributed by atoms with E-state index in [1.54, 1.807) is 12.1 Å². The summed E-state index contributed by atoms with van der Waals surface area (Å²) < 4.78 is 0. The van der Waals surface area contributed by atoms with Crippen molar-refractivity contribution < 1.29 is 4.79 Å². The van der Waals surface area contributed by atoms with Gasteiger partial charge in [0.05, 0.1) is 0 Å². The zero-order valence-electron chi connectivity index (χ0n) is 8.72. The quantitative estimate of drug-likeness (QED) is 0.707. The summed E-state index contributed by atoms with van der Waals surface area (Å²) in [7, 11) is 0. The number of hydrogen-bond donors (Lipinski definition) is 1. The molecule has 13 heavy (non-hydrogen) atoms. The van der Waals surface area contributed by atoms with Crippen LogP contribution in [0, 0.1) is 13.8 Å². The minimum Gasteiger partial charge on any atom is -0.366 e. The van der Waals surface area contributed by atoms with Crippen LogP contribution in [0.2, 0.25) is 0 Å². The summed E-state index contributed by atoms with van der Waals surface area (Å²) in [6, 6.07) is 5.58. The Morgan fingerprint density at radius 3 is 1.77 bits per heavy atom. The molecule has 0 fully saturated rings. The van der Waals surface area contributed by atoms with Crippen LogP contribution in [0.15, 0.2) is 18.2 Å². The molecule has 2 nitrogen and oxygen atoms in total. The number of benzene rings is 1. The van der Waals surface area contributed by atoms with Gasteiger partial charge in [0.15, 0.2) is 0 Å². The van der Waals surface area contributed by atoms with Gasteiger partial charge in [0.1, 0.15) is 0 Å². The topological polar surface area (TPSA) is 43.1 Å². The highest BCUT2D eigenvalue weighted by molar-refractivity contribution is 5.93. The minimum absolute atomic E-state index is 0.364. The van der Waals surface area contributed by atoms with Crippen LogP contribution in [0.1, 0.15) is 35.3 Å². The van der Waals surface area contributed by atoms with Crippen LogP contribution < -0.4 is 5.73 Å². The second-order valence-electron chi connectivity index (χ2n) is 2.74. The molecule has 0 bridgehead atoms. The summed E-state index contributed by atoms with van der Waals surface area (Å²) >= 11 is 0. The molecule has 1 aromatic rings. The lowest BCUT2D eigenvalue weighted by Crippen LogP contribution is -2.11. The molecule has 0 saturated heterocycles. The van der Waals surface area contributed by atoms with E-state index in [1.807, 2.05) is 33.8 Å². The van der Waals surface area contributed by atoms with Crippen molar-refractivity contribution in [3.8, 4) is 0 Å². The van der Waals surface area contributed by atoms with Gasteiger partial charge in [-0.05, 0) is 26.0 Å². The summed E-state index contributed by atoms with van der Waals surface area (Å²) in [6.07, 6.45) is 0. The Morgan fingerprint density at radius 1 is 1.08 bits per heavy atom. The molecule has 1 amide bonds. The van der Waals surface area contributed by atoms with Crippen LogP contribution in [-0.4, -0.2) is 5.91 Å². The Morgan fingerprint density at radius 2 is 1.46 bits per heavy atom. The standard InChI is InChI=1S/C9H11NO.C2H6/c1-6-3-7(2)5-8(4-6)9(10)11;1-2/h3-5H,1-2H3,(H2,10,11);1-2H3. The number of primary amides is 1. The third kappa shape index (κ3) is 3.74. The maximum Gasteiger partial charge on any atom is 0.248 e. The van der Waals surface area contributed by atoms with Gasteiger partial charge in [0, 0.05) is 5.56 Å². The van der Waals surface area contributed by atoms with E-state index < -0.39 is 0 Å². The second kappa shape index (κ2) is 5.36. The molecule has 2 N–H and O–H groups in total. The maximum absolute atomic E-state index is 10.7. The van der Waals surface area contributed by atoms with Crippen molar-refractivity contribution >= 4 is 5.91 Å². The zero-order valence-corrected chi connectivity index (χ0v) is 8.72. The number of rotatable bonds is 1. The lowest BCUT2D eigenvalue weighted by atomic mass is 10.1. The van der Waals surface area contributed by atoms with Crippen LogP contribution in [0.25, 0.3) is 0 Å². The first-order valence-electron chi connectivity index (χ1n) is 4.47. The largest absolute Gasteiger partial charge is 0.366 e. The Balaban J connectivity index is 0.000000671. The summed E-state index contributed by atoms with van der Waals surface area (Å²) in [4.78, 5) is 10.7. The molecule has 0 aliphatic heterocycles. The minimum atomic E-state index is -0.364. The predicted molar refractivity (Wildman–Crippen MR) is 55.8 cm³/mol. The van der Waals surface area contributed by atoms with Gasteiger partial charge in [-0.25, -0.2) is 0 Å². The second-order valence-corrected chi connectivity index (χ2v) is 2.74. The molecular weight excluding hydrogens is 162 g/mol. The molecular formula is C11H17NO. The van der Waals surface area contributed by atoms with Crippen LogP contribution in [0.5, 0.6) is 0 Å². The van der Waals surface area contributed by atoms with Gasteiger partial charge in [0.2, 0.25) is 5.91 Å². The Kier molecular flexibility index (Phi) is 4.82. The van der Waals surface area contributed by atoms with E-state index in [-0.39, 0.29) is 5.91 Å². The highest BCUT2D eigenvalue weighted by Crippen LogP contribution is 2.07. The molecule has 0 aromatic heterocycles. The smallest absolute Gasteiger partial charge is 0.248 e. The van der Waals surface area contributed by atoms with Crippen molar-refractivity contribution in [3.63, 3.8) is 0 Å². The first-order chi connectivity index (χ1) is 6.09. The van der Waals surface area contributed by atoms with E-state index in [9.17, 15) is 4.79 Å². The predicted octanol–water partition coefficient (Wildman–Crippen LogP) is 2.43. The SMILES string of the molecule is CC.Cc1cc(C)cc(C(N)=O)c1. The van der Waals surface area contributed by atoms with Crippen molar-refractivity contribution in [2.45, 2.75) is 27.7 Å². The third-order valence-electron chi connectivity index (χ3n) is 1.51.